The number of aryl methyl sites for hydroxylation is 1. The van der Waals surface area contributed by atoms with Crippen LogP contribution in [-0.4, -0.2) is 56.8 Å². The number of halogens is 1. The molecule has 1 heterocycles. The second-order valence-electron chi connectivity index (χ2n) is 6.68. The van der Waals surface area contributed by atoms with Crippen LogP contribution in [0.15, 0.2) is 47.4 Å². The monoisotopic (exact) mass is 422 g/mol. The molecule has 2 aromatic rings. The van der Waals surface area contributed by atoms with Crippen molar-refractivity contribution in [2.75, 3.05) is 33.3 Å². The predicted molar refractivity (Wildman–Crippen MR) is 108 cm³/mol. The molecule has 0 atom stereocenters. The topological polar surface area (TPSA) is 66.9 Å². The average Bonchev–Trinajstić information content (AvgIpc) is 2.69. The number of carbonyl (C=O) groups is 1. The van der Waals surface area contributed by atoms with Crippen LogP contribution in [0, 0.1) is 6.92 Å². The molecule has 28 heavy (non-hydrogen) atoms. The summed E-state index contributed by atoms with van der Waals surface area (Å²) in [6.07, 6.45) is 0.212. The van der Waals surface area contributed by atoms with E-state index in [0.29, 0.717) is 23.9 Å². The summed E-state index contributed by atoms with van der Waals surface area (Å²) >= 11 is 6.13. The summed E-state index contributed by atoms with van der Waals surface area (Å²) in [4.78, 5) is 14.5. The highest BCUT2D eigenvalue weighted by atomic mass is 35.5. The van der Waals surface area contributed by atoms with Crippen molar-refractivity contribution >= 4 is 27.5 Å². The Hall–Kier alpha value is -2.09. The molecule has 3 rings (SSSR count). The predicted octanol–water partition coefficient (Wildman–Crippen LogP) is 2.73. The Kier molecular flexibility index (Phi) is 6.27. The number of amides is 1. The quantitative estimate of drug-likeness (QED) is 0.743. The van der Waals surface area contributed by atoms with Gasteiger partial charge in [-0.25, -0.2) is 8.42 Å². The molecular formula is C20H23ClN2O4S. The normalized spacial score (nSPS) is 15.5. The van der Waals surface area contributed by atoms with E-state index >= 15 is 0 Å². The van der Waals surface area contributed by atoms with Gasteiger partial charge in [0.1, 0.15) is 5.75 Å². The Balaban J connectivity index is 1.65. The fraction of sp³-hybridized carbons (Fsp3) is 0.350. The van der Waals surface area contributed by atoms with Crippen molar-refractivity contribution in [3.63, 3.8) is 0 Å². The summed E-state index contributed by atoms with van der Waals surface area (Å²) in [7, 11) is -2.05. The fourth-order valence-corrected chi connectivity index (χ4v) is 4.97. The third-order valence-corrected chi connectivity index (χ3v) is 7.16. The average molecular weight is 423 g/mol. The van der Waals surface area contributed by atoms with Crippen LogP contribution < -0.4 is 4.74 Å². The minimum atomic E-state index is -3.61. The largest absolute Gasteiger partial charge is 0.496 e. The zero-order valence-corrected chi connectivity index (χ0v) is 17.5. The van der Waals surface area contributed by atoms with E-state index in [1.807, 2.05) is 25.1 Å². The van der Waals surface area contributed by atoms with Crippen LogP contribution in [0.2, 0.25) is 5.02 Å². The number of sulfonamides is 1. The molecule has 2 aromatic carbocycles. The third kappa shape index (κ3) is 4.32. The van der Waals surface area contributed by atoms with Gasteiger partial charge in [-0.1, -0.05) is 29.8 Å². The van der Waals surface area contributed by atoms with Gasteiger partial charge in [-0.2, -0.15) is 4.31 Å². The van der Waals surface area contributed by atoms with Crippen molar-refractivity contribution in [2.45, 2.75) is 18.2 Å². The van der Waals surface area contributed by atoms with E-state index in [1.165, 1.54) is 4.31 Å². The lowest BCUT2D eigenvalue weighted by Crippen LogP contribution is -2.50. The van der Waals surface area contributed by atoms with Crippen molar-refractivity contribution in [2.24, 2.45) is 0 Å². The minimum Gasteiger partial charge on any atom is -0.496 e. The smallest absolute Gasteiger partial charge is 0.243 e. The summed E-state index contributed by atoms with van der Waals surface area (Å²) in [6, 6.07) is 12.1. The molecule has 1 aliphatic heterocycles. The summed E-state index contributed by atoms with van der Waals surface area (Å²) in [5.41, 5.74) is 1.54. The van der Waals surface area contributed by atoms with Gasteiger partial charge in [-0.15, -0.1) is 0 Å². The van der Waals surface area contributed by atoms with Crippen molar-refractivity contribution in [1.29, 1.82) is 0 Å². The summed E-state index contributed by atoms with van der Waals surface area (Å²) in [6.45, 7) is 3.06. The number of methoxy groups -OCH3 is 1. The van der Waals surface area contributed by atoms with Crippen molar-refractivity contribution < 1.29 is 17.9 Å². The van der Waals surface area contributed by atoms with E-state index in [4.69, 9.17) is 16.3 Å². The Morgan fingerprint density at radius 1 is 1.11 bits per heavy atom. The molecule has 0 saturated carbocycles. The lowest BCUT2D eigenvalue weighted by atomic mass is 10.1. The van der Waals surface area contributed by atoms with E-state index in [9.17, 15) is 13.2 Å². The molecule has 8 heteroatoms. The van der Waals surface area contributed by atoms with Crippen LogP contribution in [-0.2, 0) is 21.2 Å². The number of ether oxygens (including phenoxy) is 1. The molecule has 1 amide bonds. The maximum Gasteiger partial charge on any atom is 0.243 e. The van der Waals surface area contributed by atoms with Gasteiger partial charge in [0.05, 0.1) is 18.4 Å². The van der Waals surface area contributed by atoms with Crippen LogP contribution in [0.4, 0.5) is 0 Å². The first kappa shape index (κ1) is 20.6. The van der Waals surface area contributed by atoms with Crippen LogP contribution in [0.25, 0.3) is 0 Å². The van der Waals surface area contributed by atoms with Crippen LogP contribution in [0.5, 0.6) is 5.75 Å². The van der Waals surface area contributed by atoms with Crippen molar-refractivity contribution in [3.05, 3.63) is 58.6 Å². The van der Waals surface area contributed by atoms with Gasteiger partial charge in [0.15, 0.2) is 0 Å². The lowest BCUT2D eigenvalue weighted by molar-refractivity contribution is -0.131. The molecule has 0 unspecified atom stereocenters. The Bertz CT molecular complexity index is 970. The van der Waals surface area contributed by atoms with Gasteiger partial charge in [-0.05, 0) is 42.3 Å². The molecule has 0 aromatic heterocycles. The Labute approximate surface area is 170 Å². The summed E-state index contributed by atoms with van der Waals surface area (Å²) in [5, 5.41) is 0.562. The Morgan fingerprint density at radius 2 is 1.79 bits per heavy atom. The zero-order valence-electron chi connectivity index (χ0n) is 15.9. The molecule has 1 saturated heterocycles. The zero-order chi connectivity index (χ0) is 20.3. The first-order valence-corrected chi connectivity index (χ1v) is 10.8. The SMILES string of the molecule is COc1ccc(S(=O)(=O)N2CCN(C(=O)Cc3ccccc3Cl)CC2)cc1C. The van der Waals surface area contributed by atoms with E-state index in [2.05, 4.69) is 0 Å². The number of rotatable bonds is 5. The highest BCUT2D eigenvalue weighted by Gasteiger charge is 2.30. The van der Waals surface area contributed by atoms with Gasteiger partial charge < -0.3 is 9.64 Å². The number of hydrogen-bond donors (Lipinski definition) is 0. The van der Waals surface area contributed by atoms with E-state index in [0.717, 1.165) is 11.1 Å². The van der Waals surface area contributed by atoms with E-state index in [1.54, 1.807) is 36.3 Å². The first-order chi connectivity index (χ1) is 13.3. The van der Waals surface area contributed by atoms with Crippen LogP contribution in [0.1, 0.15) is 11.1 Å². The number of hydrogen-bond acceptors (Lipinski definition) is 4. The third-order valence-electron chi connectivity index (χ3n) is 4.89. The molecule has 0 spiro atoms. The standard InChI is InChI=1S/C20H23ClN2O4S/c1-15-13-17(7-8-19(15)27-2)28(25,26)23-11-9-22(10-12-23)20(24)14-16-5-3-4-6-18(16)21/h3-8,13H,9-12,14H2,1-2H3. The molecular weight excluding hydrogens is 400 g/mol. The molecule has 0 N–H and O–H groups in total. The van der Waals surface area contributed by atoms with E-state index < -0.39 is 10.0 Å². The Morgan fingerprint density at radius 3 is 2.39 bits per heavy atom. The molecule has 1 aliphatic rings. The summed E-state index contributed by atoms with van der Waals surface area (Å²) in [5.74, 6) is 0.597. The van der Waals surface area contributed by atoms with Crippen LogP contribution in [0.3, 0.4) is 0 Å². The van der Waals surface area contributed by atoms with Gasteiger partial charge in [0, 0.05) is 31.2 Å². The van der Waals surface area contributed by atoms with E-state index in [-0.39, 0.29) is 30.3 Å². The number of benzene rings is 2. The molecule has 0 bridgehead atoms. The number of nitrogens with zero attached hydrogens (tertiary/aromatic N) is 2. The number of carbonyl (C=O) groups excluding carboxylic acids is 1. The van der Waals surface area contributed by atoms with Crippen molar-refractivity contribution in [3.8, 4) is 5.75 Å². The maximum absolute atomic E-state index is 12.9. The lowest BCUT2D eigenvalue weighted by Gasteiger charge is -2.34. The van der Waals surface area contributed by atoms with Crippen LogP contribution >= 0.6 is 11.6 Å². The first-order valence-electron chi connectivity index (χ1n) is 8.99. The van der Waals surface area contributed by atoms with Crippen molar-refractivity contribution in [1.82, 2.24) is 9.21 Å². The summed E-state index contributed by atoms with van der Waals surface area (Å²) < 4.78 is 32.4. The molecule has 150 valence electrons. The molecule has 1 fully saturated rings. The molecule has 0 aliphatic carbocycles. The molecule has 6 nitrogen and oxygen atoms in total. The second kappa shape index (κ2) is 8.51. The fourth-order valence-electron chi connectivity index (χ4n) is 3.25. The van der Waals surface area contributed by atoms with Gasteiger partial charge in [0.2, 0.25) is 15.9 Å². The number of piperazine rings is 1. The second-order valence-corrected chi connectivity index (χ2v) is 9.03. The van der Waals surface area contributed by atoms with Gasteiger partial charge in [-0.3, -0.25) is 4.79 Å². The van der Waals surface area contributed by atoms with Gasteiger partial charge >= 0.3 is 0 Å². The highest BCUT2D eigenvalue weighted by Crippen LogP contribution is 2.24. The van der Waals surface area contributed by atoms with Gasteiger partial charge in [0.25, 0.3) is 0 Å². The minimum absolute atomic E-state index is 0.0505. The molecule has 0 radical (unpaired) electrons. The maximum atomic E-state index is 12.9. The highest BCUT2D eigenvalue weighted by molar-refractivity contribution is 7.89.